The van der Waals surface area contributed by atoms with Crippen LogP contribution in [0.3, 0.4) is 0 Å². The summed E-state index contributed by atoms with van der Waals surface area (Å²) in [5.74, 6) is -0.284. The number of carbonyl (C=O) groups is 2. The Hall–Kier alpha value is -2.17. The molecular weight excluding hydrogens is 307 g/mol. The number of nitrogens with zero attached hydrogens (tertiary/aromatic N) is 2. The van der Waals surface area contributed by atoms with E-state index in [0.717, 1.165) is 12.8 Å². The van der Waals surface area contributed by atoms with Crippen LogP contribution in [-0.4, -0.2) is 47.8 Å². The van der Waals surface area contributed by atoms with Crippen LogP contribution in [0.5, 0.6) is 0 Å². The van der Waals surface area contributed by atoms with Gasteiger partial charge in [0.1, 0.15) is 5.82 Å². The number of hydrogen-bond acceptors (Lipinski definition) is 2. The lowest BCUT2D eigenvalue weighted by Gasteiger charge is -2.35. The lowest BCUT2D eigenvalue weighted by Crippen LogP contribution is -2.50. The van der Waals surface area contributed by atoms with E-state index >= 15 is 0 Å². The molecule has 1 heterocycles. The van der Waals surface area contributed by atoms with Crippen molar-refractivity contribution in [2.75, 3.05) is 26.2 Å². The molecule has 1 fully saturated rings. The summed E-state index contributed by atoms with van der Waals surface area (Å²) in [7, 11) is 0. The average Bonchev–Trinajstić information content (AvgIpc) is 2.63. The first-order chi connectivity index (χ1) is 11.6. The first-order valence-corrected chi connectivity index (χ1v) is 8.64. The summed E-state index contributed by atoms with van der Waals surface area (Å²) in [6.45, 7) is 2.19. The van der Waals surface area contributed by atoms with Gasteiger partial charge < -0.3 is 9.80 Å². The Labute approximate surface area is 141 Å². The second-order valence-corrected chi connectivity index (χ2v) is 6.46. The third kappa shape index (κ3) is 4.02. The zero-order valence-electron chi connectivity index (χ0n) is 13.8. The van der Waals surface area contributed by atoms with Gasteiger partial charge in [-0.05, 0) is 49.9 Å². The van der Waals surface area contributed by atoms with Gasteiger partial charge >= 0.3 is 0 Å². The molecule has 1 saturated heterocycles. The molecular formula is C19H23FN2O2. The van der Waals surface area contributed by atoms with E-state index in [0.29, 0.717) is 38.2 Å². The van der Waals surface area contributed by atoms with E-state index in [1.54, 1.807) is 4.90 Å². The molecule has 128 valence electrons. The van der Waals surface area contributed by atoms with Gasteiger partial charge in [0.15, 0.2) is 0 Å². The van der Waals surface area contributed by atoms with E-state index in [4.69, 9.17) is 0 Å². The van der Waals surface area contributed by atoms with Crippen LogP contribution >= 0.6 is 0 Å². The van der Waals surface area contributed by atoms with Crippen molar-refractivity contribution in [3.63, 3.8) is 0 Å². The first kappa shape index (κ1) is 16.7. The molecule has 1 aromatic rings. The normalized spacial score (nSPS) is 18.3. The van der Waals surface area contributed by atoms with E-state index < -0.39 is 0 Å². The van der Waals surface area contributed by atoms with Gasteiger partial charge in [-0.15, -0.1) is 0 Å². The summed E-state index contributed by atoms with van der Waals surface area (Å²) in [5.41, 5.74) is 1.75. The predicted octanol–water partition coefficient (Wildman–Crippen LogP) is 3.00. The summed E-state index contributed by atoms with van der Waals surface area (Å²) in [4.78, 5) is 28.4. The lowest BCUT2D eigenvalue weighted by atomic mass is 9.97. The van der Waals surface area contributed by atoms with Gasteiger partial charge in [0, 0.05) is 38.2 Å². The second-order valence-electron chi connectivity index (χ2n) is 6.46. The minimum Gasteiger partial charge on any atom is -0.339 e. The van der Waals surface area contributed by atoms with Gasteiger partial charge in [-0.1, -0.05) is 11.6 Å². The van der Waals surface area contributed by atoms with Gasteiger partial charge in [-0.3, -0.25) is 9.59 Å². The van der Waals surface area contributed by atoms with Gasteiger partial charge in [0.2, 0.25) is 5.91 Å². The quantitative estimate of drug-likeness (QED) is 0.800. The van der Waals surface area contributed by atoms with Gasteiger partial charge in [-0.2, -0.15) is 0 Å². The molecule has 2 aliphatic rings. The minimum atomic E-state index is -0.348. The SMILES string of the molecule is O=C(CC1=CCCCC1)N1CCN(C(=O)c2ccc(F)cc2)CC1. The zero-order chi connectivity index (χ0) is 16.9. The van der Waals surface area contributed by atoms with Crippen molar-refractivity contribution in [3.8, 4) is 0 Å². The molecule has 0 N–H and O–H groups in total. The summed E-state index contributed by atoms with van der Waals surface area (Å²) in [6.07, 6.45) is 7.25. The highest BCUT2D eigenvalue weighted by molar-refractivity contribution is 5.94. The molecule has 0 unspecified atom stereocenters. The van der Waals surface area contributed by atoms with Crippen molar-refractivity contribution in [2.45, 2.75) is 32.1 Å². The molecule has 0 aromatic heterocycles. The van der Waals surface area contributed by atoms with Gasteiger partial charge in [0.25, 0.3) is 5.91 Å². The number of hydrogen-bond donors (Lipinski definition) is 0. The largest absolute Gasteiger partial charge is 0.339 e. The highest BCUT2D eigenvalue weighted by atomic mass is 19.1. The Balaban J connectivity index is 1.51. The standard InChI is InChI=1S/C19H23FN2O2/c20-17-8-6-16(7-9-17)19(24)22-12-10-21(11-13-22)18(23)14-15-4-2-1-3-5-15/h4,6-9H,1-3,5,10-14H2. The van der Waals surface area contributed by atoms with Crippen molar-refractivity contribution in [2.24, 2.45) is 0 Å². The van der Waals surface area contributed by atoms with Crippen LogP contribution in [0.15, 0.2) is 35.9 Å². The number of benzene rings is 1. The van der Waals surface area contributed by atoms with Crippen LogP contribution in [0.1, 0.15) is 42.5 Å². The topological polar surface area (TPSA) is 40.6 Å². The highest BCUT2D eigenvalue weighted by Gasteiger charge is 2.25. The van der Waals surface area contributed by atoms with Crippen molar-refractivity contribution < 1.29 is 14.0 Å². The monoisotopic (exact) mass is 330 g/mol. The molecule has 0 saturated carbocycles. The van der Waals surface area contributed by atoms with Crippen LogP contribution in [-0.2, 0) is 4.79 Å². The Morgan fingerprint density at radius 3 is 2.25 bits per heavy atom. The molecule has 1 aliphatic heterocycles. The Kier molecular flexibility index (Phi) is 5.28. The van der Waals surface area contributed by atoms with Crippen LogP contribution in [0, 0.1) is 5.82 Å². The van der Waals surface area contributed by atoms with Crippen LogP contribution in [0.25, 0.3) is 0 Å². The Morgan fingerprint density at radius 1 is 0.958 bits per heavy atom. The fourth-order valence-corrected chi connectivity index (χ4v) is 3.31. The molecule has 5 heteroatoms. The smallest absolute Gasteiger partial charge is 0.253 e. The molecule has 3 rings (SSSR count). The molecule has 0 spiro atoms. The Bertz CT molecular complexity index is 631. The van der Waals surface area contributed by atoms with Crippen molar-refractivity contribution in [3.05, 3.63) is 47.3 Å². The summed E-state index contributed by atoms with van der Waals surface area (Å²) >= 11 is 0. The van der Waals surface area contributed by atoms with Gasteiger partial charge in [0.05, 0.1) is 0 Å². The maximum absolute atomic E-state index is 13.0. The van der Waals surface area contributed by atoms with Crippen LogP contribution in [0.4, 0.5) is 4.39 Å². The van der Waals surface area contributed by atoms with E-state index in [1.807, 2.05) is 4.90 Å². The lowest BCUT2D eigenvalue weighted by molar-refractivity contribution is -0.131. The maximum Gasteiger partial charge on any atom is 0.253 e. The number of amides is 2. The van der Waals surface area contributed by atoms with Gasteiger partial charge in [-0.25, -0.2) is 4.39 Å². The molecule has 4 nitrogen and oxygen atoms in total. The summed E-state index contributed by atoms with van der Waals surface area (Å²) < 4.78 is 13.0. The first-order valence-electron chi connectivity index (χ1n) is 8.64. The third-order valence-corrected chi connectivity index (χ3v) is 4.77. The fourth-order valence-electron chi connectivity index (χ4n) is 3.31. The van der Waals surface area contributed by atoms with Crippen molar-refractivity contribution >= 4 is 11.8 Å². The number of halogens is 1. The van der Waals surface area contributed by atoms with Crippen LogP contribution in [0.2, 0.25) is 0 Å². The zero-order valence-corrected chi connectivity index (χ0v) is 13.8. The van der Waals surface area contributed by atoms with Crippen molar-refractivity contribution in [1.82, 2.24) is 9.80 Å². The summed E-state index contributed by atoms with van der Waals surface area (Å²) in [6, 6.07) is 5.60. The predicted molar refractivity (Wildman–Crippen MR) is 90.1 cm³/mol. The van der Waals surface area contributed by atoms with E-state index in [2.05, 4.69) is 6.08 Å². The Morgan fingerprint density at radius 2 is 1.62 bits per heavy atom. The van der Waals surface area contributed by atoms with E-state index in [-0.39, 0.29) is 17.6 Å². The highest BCUT2D eigenvalue weighted by Crippen LogP contribution is 2.21. The molecule has 0 radical (unpaired) electrons. The number of piperazine rings is 1. The molecule has 1 aromatic carbocycles. The number of carbonyl (C=O) groups excluding carboxylic acids is 2. The molecule has 0 bridgehead atoms. The van der Waals surface area contributed by atoms with E-state index in [9.17, 15) is 14.0 Å². The molecule has 1 aliphatic carbocycles. The number of allylic oxidation sites excluding steroid dienone is 1. The van der Waals surface area contributed by atoms with Crippen LogP contribution < -0.4 is 0 Å². The third-order valence-electron chi connectivity index (χ3n) is 4.77. The van der Waals surface area contributed by atoms with E-state index in [1.165, 1.54) is 42.7 Å². The summed E-state index contributed by atoms with van der Waals surface area (Å²) in [5, 5.41) is 0. The number of rotatable bonds is 3. The fraction of sp³-hybridized carbons (Fsp3) is 0.474. The van der Waals surface area contributed by atoms with Crippen molar-refractivity contribution in [1.29, 1.82) is 0 Å². The second kappa shape index (κ2) is 7.60. The average molecular weight is 330 g/mol. The minimum absolute atomic E-state index is 0.0999. The molecule has 24 heavy (non-hydrogen) atoms. The molecule has 0 atom stereocenters. The maximum atomic E-state index is 13.0. The molecule has 2 amide bonds.